The van der Waals surface area contributed by atoms with E-state index in [9.17, 15) is 14.0 Å². The summed E-state index contributed by atoms with van der Waals surface area (Å²) in [5.74, 6) is -1.37. The second kappa shape index (κ2) is 8.98. The van der Waals surface area contributed by atoms with Gasteiger partial charge in [0, 0.05) is 6.04 Å². The van der Waals surface area contributed by atoms with Crippen LogP contribution in [-0.2, 0) is 4.79 Å². The van der Waals surface area contributed by atoms with E-state index >= 15 is 0 Å². The molecule has 1 unspecified atom stereocenters. The van der Waals surface area contributed by atoms with Crippen LogP contribution in [0.15, 0.2) is 29.3 Å². The monoisotopic (exact) mass is 555 g/mol. The van der Waals surface area contributed by atoms with Gasteiger partial charge < -0.3 is 0 Å². The summed E-state index contributed by atoms with van der Waals surface area (Å²) >= 11 is 18.8. The summed E-state index contributed by atoms with van der Waals surface area (Å²) in [6.45, 7) is 0. The fraction of sp³-hybridized carbons (Fsp3) is 0.500. The van der Waals surface area contributed by atoms with Gasteiger partial charge >= 0.3 is 6.03 Å². The number of benzene rings is 1. The molecule has 1 saturated heterocycles. The summed E-state index contributed by atoms with van der Waals surface area (Å²) in [5, 5.41) is 0. The Morgan fingerprint density at radius 1 is 1.21 bits per heavy atom. The van der Waals surface area contributed by atoms with Crippen molar-refractivity contribution in [2.24, 2.45) is 4.99 Å². The summed E-state index contributed by atoms with van der Waals surface area (Å²) in [6, 6.07) is 4.93. The average molecular weight is 558 g/mol. The molecule has 0 spiro atoms. The third kappa shape index (κ3) is 4.25. The van der Waals surface area contributed by atoms with Crippen LogP contribution in [0.4, 0.5) is 14.9 Å². The average Bonchev–Trinajstić information content (AvgIpc) is 2.92. The Bertz CT molecular complexity index is 803. The first-order valence-electron chi connectivity index (χ1n) is 8.85. The molecule has 0 bridgehead atoms. The van der Waals surface area contributed by atoms with Crippen molar-refractivity contribution in [2.75, 3.05) is 10.8 Å². The van der Waals surface area contributed by atoms with Crippen LogP contribution < -0.4 is 4.90 Å². The van der Waals surface area contributed by atoms with E-state index in [1.165, 1.54) is 23.1 Å². The van der Waals surface area contributed by atoms with E-state index < -0.39 is 26.5 Å². The van der Waals surface area contributed by atoms with E-state index in [0.29, 0.717) is 0 Å². The van der Waals surface area contributed by atoms with Crippen molar-refractivity contribution in [3.05, 3.63) is 30.1 Å². The topological polar surface area (TPSA) is 53.0 Å². The Balaban J connectivity index is 2.06. The number of carbonyl (C=O) groups excluding carboxylic acids is 2. The van der Waals surface area contributed by atoms with Gasteiger partial charge in [0.2, 0.25) is 5.84 Å². The fourth-order valence-corrected chi connectivity index (χ4v) is 3.98. The van der Waals surface area contributed by atoms with Crippen LogP contribution in [0.2, 0.25) is 0 Å². The minimum Gasteiger partial charge on any atom is -0.265 e. The lowest BCUT2D eigenvalue weighted by Gasteiger charge is -2.28. The molecule has 0 radical (unpaired) electrons. The number of para-hydroxylation sites is 1. The zero-order valence-electron chi connectivity index (χ0n) is 14.8. The van der Waals surface area contributed by atoms with Gasteiger partial charge in [-0.15, -0.1) is 11.6 Å². The molecule has 1 aromatic rings. The molecule has 1 heterocycles. The molecule has 1 saturated carbocycles. The summed E-state index contributed by atoms with van der Waals surface area (Å²) in [5.41, 5.74) is -1.06. The summed E-state index contributed by atoms with van der Waals surface area (Å²) in [4.78, 5) is 32.8. The standard InChI is InChI=1S/C18H18Br2Cl2FN3O2/c19-18(20,10-21)16(22)24-14-15(27)25(11-6-2-1-3-7-11)17(28)26(14)13-9-5-4-8-12(13)23/h4-5,8-9,11,16H,1-3,6-7,10H2. The highest BCUT2D eigenvalue weighted by molar-refractivity contribution is 9.25. The predicted molar refractivity (Wildman–Crippen MR) is 116 cm³/mol. The molecule has 2 fully saturated rings. The first kappa shape index (κ1) is 22.0. The Morgan fingerprint density at radius 3 is 2.46 bits per heavy atom. The highest BCUT2D eigenvalue weighted by Gasteiger charge is 2.48. The van der Waals surface area contributed by atoms with Gasteiger partial charge in [-0.05, 0) is 25.0 Å². The van der Waals surface area contributed by atoms with E-state index in [4.69, 9.17) is 23.2 Å². The highest BCUT2D eigenvalue weighted by atomic mass is 79.9. The van der Waals surface area contributed by atoms with Crippen LogP contribution in [0, 0.1) is 5.82 Å². The van der Waals surface area contributed by atoms with Gasteiger partial charge in [0.15, 0.2) is 5.50 Å². The molecule has 1 aliphatic heterocycles. The lowest BCUT2D eigenvalue weighted by atomic mass is 9.94. The number of hydrogen-bond donors (Lipinski definition) is 0. The third-order valence-electron chi connectivity index (χ3n) is 4.81. The van der Waals surface area contributed by atoms with Gasteiger partial charge in [0.25, 0.3) is 5.91 Å². The number of nitrogens with zero attached hydrogens (tertiary/aromatic N) is 3. The van der Waals surface area contributed by atoms with E-state index in [1.54, 1.807) is 6.07 Å². The Labute approximate surface area is 189 Å². The normalized spacial score (nSPS) is 21.7. The number of rotatable bonds is 5. The SMILES string of the molecule is O=C1C(=NC(Cl)C(Br)(Br)CCl)N(c2ccccc2F)C(=O)N1C1CCCCC1. The van der Waals surface area contributed by atoms with Crippen molar-refractivity contribution in [3.8, 4) is 0 Å². The van der Waals surface area contributed by atoms with Crippen molar-refractivity contribution in [1.29, 1.82) is 0 Å². The number of urea groups is 1. The molecule has 5 nitrogen and oxygen atoms in total. The largest absolute Gasteiger partial charge is 0.337 e. The molecule has 10 heteroatoms. The number of amides is 3. The molecule has 0 aromatic heterocycles. The quantitative estimate of drug-likeness (QED) is 0.268. The number of anilines is 1. The highest BCUT2D eigenvalue weighted by Crippen LogP contribution is 2.37. The maximum atomic E-state index is 14.5. The van der Waals surface area contributed by atoms with Crippen LogP contribution in [0.3, 0.4) is 0 Å². The molecule has 28 heavy (non-hydrogen) atoms. The second-order valence-corrected chi connectivity index (χ2v) is 11.3. The molecule has 152 valence electrons. The first-order valence-corrected chi connectivity index (χ1v) is 11.4. The smallest absolute Gasteiger partial charge is 0.265 e. The minimum atomic E-state index is -1.02. The first-order chi connectivity index (χ1) is 13.3. The summed E-state index contributed by atoms with van der Waals surface area (Å²) in [6.07, 6.45) is 4.39. The molecular formula is C18H18Br2Cl2FN3O2. The number of aliphatic imine (C=N–C) groups is 1. The minimum absolute atomic E-state index is 0.0394. The van der Waals surface area contributed by atoms with Gasteiger partial charge in [0.05, 0.1) is 11.6 Å². The van der Waals surface area contributed by atoms with Gasteiger partial charge in [-0.2, -0.15) is 0 Å². The molecule has 3 rings (SSSR count). The maximum absolute atomic E-state index is 14.5. The molecule has 1 atom stereocenters. The van der Waals surface area contributed by atoms with Crippen molar-refractivity contribution in [1.82, 2.24) is 4.90 Å². The van der Waals surface area contributed by atoms with E-state index in [0.717, 1.165) is 37.0 Å². The van der Waals surface area contributed by atoms with Crippen molar-refractivity contribution in [2.45, 2.75) is 46.9 Å². The van der Waals surface area contributed by atoms with Crippen molar-refractivity contribution < 1.29 is 14.0 Å². The van der Waals surface area contributed by atoms with Crippen LogP contribution in [0.5, 0.6) is 0 Å². The van der Waals surface area contributed by atoms with E-state index in [-0.39, 0.29) is 23.4 Å². The van der Waals surface area contributed by atoms with Gasteiger partial charge in [0.1, 0.15) is 9.05 Å². The number of imide groups is 1. The van der Waals surface area contributed by atoms with Crippen LogP contribution in [0.25, 0.3) is 0 Å². The van der Waals surface area contributed by atoms with Gasteiger partial charge in [-0.3, -0.25) is 9.69 Å². The molecule has 3 amide bonds. The number of alkyl halides is 4. The molecule has 2 aliphatic rings. The molecule has 0 N–H and O–H groups in total. The third-order valence-corrected chi connectivity index (χ3v) is 8.31. The number of amidine groups is 1. The Morgan fingerprint density at radius 2 is 1.86 bits per heavy atom. The van der Waals surface area contributed by atoms with Gasteiger partial charge in [-0.25, -0.2) is 19.1 Å². The van der Waals surface area contributed by atoms with Gasteiger partial charge in [-0.1, -0.05) is 74.9 Å². The zero-order chi connectivity index (χ0) is 20.5. The molecular weight excluding hydrogens is 540 g/mol. The summed E-state index contributed by atoms with van der Waals surface area (Å²) in [7, 11) is 0. The van der Waals surface area contributed by atoms with E-state index in [2.05, 4.69) is 36.9 Å². The Kier molecular flexibility index (Phi) is 7.05. The summed E-state index contributed by atoms with van der Waals surface area (Å²) < 4.78 is 13.5. The predicted octanol–water partition coefficient (Wildman–Crippen LogP) is 5.62. The Hall–Kier alpha value is -0.700. The second-order valence-electron chi connectivity index (χ2n) is 6.72. The molecule has 1 aromatic carbocycles. The number of carbonyl (C=O) groups is 2. The number of halogens is 5. The van der Waals surface area contributed by atoms with Crippen LogP contribution >= 0.6 is 55.1 Å². The molecule has 1 aliphatic carbocycles. The maximum Gasteiger partial charge on any atom is 0.337 e. The van der Waals surface area contributed by atoms with Crippen LogP contribution in [-0.4, -0.2) is 43.3 Å². The van der Waals surface area contributed by atoms with Crippen molar-refractivity contribution in [3.63, 3.8) is 0 Å². The van der Waals surface area contributed by atoms with Crippen molar-refractivity contribution >= 4 is 78.5 Å². The fourth-order valence-electron chi connectivity index (χ4n) is 3.38. The van der Waals surface area contributed by atoms with E-state index in [1.807, 2.05) is 0 Å². The van der Waals surface area contributed by atoms with Crippen LogP contribution in [0.1, 0.15) is 32.1 Å². The lowest BCUT2D eigenvalue weighted by molar-refractivity contribution is -0.122. The zero-order valence-corrected chi connectivity index (χ0v) is 19.4. The number of hydrogen-bond acceptors (Lipinski definition) is 3. The lowest BCUT2D eigenvalue weighted by Crippen LogP contribution is -2.42.